The Morgan fingerprint density at radius 2 is 2.05 bits per heavy atom. The van der Waals surface area contributed by atoms with Crippen molar-refractivity contribution in [2.45, 2.75) is 39.2 Å². The van der Waals surface area contributed by atoms with E-state index in [4.69, 9.17) is 27.4 Å². The van der Waals surface area contributed by atoms with Gasteiger partial charge >= 0.3 is 0 Å². The number of methoxy groups -OCH3 is 1. The van der Waals surface area contributed by atoms with E-state index in [-0.39, 0.29) is 0 Å². The number of thiocarbonyl (C=S) groups is 1. The molecule has 0 heterocycles. The highest BCUT2D eigenvalue weighted by Gasteiger charge is 2.06. The summed E-state index contributed by atoms with van der Waals surface area (Å²) in [5.74, 6) is 0.708. The van der Waals surface area contributed by atoms with E-state index in [0.717, 1.165) is 24.2 Å². The van der Waals surface area contributed by atoms with E-state index in [0.29, 0.717) is 17.3 Å². The summed E-state index contributed by atoms with van der Waals surface area (Å²) in [4.78, 5) is 0.351. The van der Waals surface area contributed by atoms with Crippen LogP contribution in [-0.4, -0.2) is 18.7 Å². The number of hydrogen-bond donors (Lipinski definition) is 1. The van der Waals surface area contributed by atoms with E-state index in [1.54, 1.807) is 7.11 Å². The molecular formula is C15H23NO2S. The maximum absolute atomic E-state index is 5.65. The van der Waals surface area contributed by atoms with Crippen LogP contribution in [0.1, 0.15) is 43.7 Å². The van der Waals surface area contributed by atoms with Crippen LogP contribution in [-0.2, 0) is 11.3 Å². The Kier molecular flexibility index (Phi) is 7.45. The van der Waals surface area contributed by atoms with Crippen LogP contribution in [0.3, 0.4) is 0 Å². The fraction of sp³-hybridized carbons (Fsp3) is 0.533. The van der Waals surface area contributed by atoms with Gasteiger partial charge in [-0.1, -0.05) is 44.5 Å². The quantitative estimate of drug-likeness (QED) is 0.556. The molecule has 0 spiro atoms. The number of unbranched alkanes of at least 4 members (excludes halogenated alkanes) is 3. The molecule has 0 bridgehead atoms. The minimum Gasteiger partial charge on any atom is -0.496 e. The van der Waals surface area contributed by atoms with Crippen LogP contribution in [0.2, 0.25) is 0 Å². The molecule has 0 atom stereocenters. The van der Waals surface area contributed by atoms with Crippen LogP contribution < -0.4 is 10.5 Å². The summed E-state index contributed by atoms with van der Waals surface area (Å²) >= 11 is 4.97. The second kappa shape index (κ2) is 8.88. The number of rotatable bonds is 9. The number of nitrogens with two attached hydrogens (primary N) is 1. The van der Waals surface area contributed by atoms with E-state index in [1.807, 2.05) is 18.2 Å². The van der Waals surface area contributed by atoms with Crippen LogP contribution in [0.25, 0.3) is 0 Å². The Balaban J connectivity index is 2.44. The molecule has 1 rings (SSSR count). The first-order valence-corrected chi connectivity index (χ1v) is 7.14. The normalized spacial score (nSPS) is 10.4. The molecule has 0 aliphatic rings. The molecule has 0 saturated heterocycles. The molecule has 0 amide bonds. The van der Waals surface area contributed by atoms with Crippen LogP contribution >= 0.6 is 12.2 Å². The lowest BCUT2D eigenvalue weighted by Gasteiger charge is -2.10. The Bertz CT molecular complexity index is 407. The van der Waals surface area contributed by atoms with E-state index < -0.39 is 0 Å². The summed E-state index contributed by atoms with van der Waals surface area (Å²) < 4.78 is 10.9. The van der Waals surface area contributed by atoms with Crippen LogP contribution in [0.15, 0.2) is 18.2 Å². The highest BCUT2D eigenvalue weighted by molar-refractivity contribution is 7.80. The van der Waals surface area contributed by atoms with Crippen molar-refractivity contribution in [1.82, 2.24) is 0 Å². The summed E-state index contributed by atoms with van der Waals surface area (Å²) in [7, 11) is 1.62. The predicted molar refractivity (Wildman–Crippen MR) is 82.7 cm³/mol. The monoisotopic (exact) mass is 281 g/mol. The van der Waals surface area contributed by atoms with E-state index >= 15 is 0 Å². The Labute approximate surface area is 121 Å². The number of benzene rings is 1. The van der Waals surface area contributed by atoms with Crippen LogP contribution in [0.5, 0.6) is 5.75 Å². The van der Waals surface area contributed by atoms with Crippen molar-refractivity contribution in [3.63, 3.8) is 0 Å². The number of ether oxygens (including phenoxy) is 2. The molecule has 2 N–H and O–H groups in total. The molecule has 106 valence electrons. The minimum absolute atomic E-state index is 0.351. The lowest BCUT2D eigenvalue weighted by atomic mass is 10.1. The minimum atomic E-state index is 0.351. The molecule has 0 aliphatic carbocycles. The molecule has 0 fully saturated rings. The third-order valence-electron chi connectivity index (χ3n) is 2.94. The lowest BCUT2D eigenvalue weighted by molar-refractivity contribution is 0.116. The van der Waals surface area contributed by atoms with Gasteiger partial charge in [0.1, 0.15) is 10.7 Å². The van der Waals surface area contributed by atoms with Gasteiger partial charge in [0.2, 0.25) is 0 Å². The SMILES string of the molecule is CCCCCCOCc1ccc(C(N)=S)c(OC)c1. The summed E-state index contributed by atoms with van der Waals surface area (Å²) in [6, 6.07) is 5.79. The third-order valence-corrected chi connectivity index (χ3v) is 3.16. The molecule has 0 saturated carbocycles. The van der Waals surface area contributed by atoms with Gasteiger partial charge in [0.05, 0.1) is 19.3 Å². The average Bonchev–Trinajstić information content (AvgIpc) is 2.42. The van der Waals surface area contributed by atoms with Crippen molar-refractivity contribution in [2.75, 3.05) is 13.7 Å². The van der Waals surface area contributed by atoms with Crippen molar-refractivity contribution in [1.29, 1.82) is 0 Å². The fourth-order valence-electron chi connectivity index (χ4n) is 1.85. The third kappa shape index (κ3) is 5.57. The van der Waals surface area contributed by atoms with Crippen molar-refractivity contribution in [2.24, 2.45) is 5.73 Å². The van der Waals surface area contributed by atoms with Gasteiger partial charge in [-0.3, -0.25) is 0 Å². The summed E-state index contributed by atoms with van der Waals surface area (Å²) in [6.45, 7) is 3.61. The number of hydrogen-bond acceptors (Lipinski definition) is 3. The summed E-state index contributed by atoms with van der Waals surface area (Å²) in [5, 5.41) is 0. The van der Waals surface area contributed by atoms with Crippen molar-refractivity contribution in [3.8, 4) is 5.75 Å². The second-order valence-electron chi connectivity index (χ2n) is 4.51. The van der Waals surface area contributed by atoms with Gasteiger partial charge < -0.3 is 15.2 Å². The van der Waals surface area contributed by atoms with Crippen molar-refractivity contribution < 1.29 is 9.47 Å². The van der Waals surface area contributed by atoms with Gasteiger partial charge in [-0.2, -0.15) is 0 Å². The van der Waals surface area contributed by atoms with Crippen LogP contribution in [0.4, 0.5) is 0 Å². The van der Waals surface area contributed by atoms with Gasteiger partial charge in [0.15, 0.2) is 0 Å². The van der Waals surface area contributed by atoms with Gasteiger partial charge in [0, 0.05) is 6.61 Å². The zero-order chi connectivity index (χ0) is 14.1. The van der Waals surface area contributed by atoms with Crippen LogP contribution in [0, 0.1) is 0 Å². The van der Waals surface area contributed by atoms with E-state index in [2.05, 4.69) is 6.92 Å². The zero-order valence-electron chi connectivity index (χ0n) is 11.8. The second-order valence-corrected chi connectivity index (χ2v) is 4.95. The molecule has 0 unspecified atom stereocenters. The Morgan fingerprint density at radius 1 is 1.26 bits per heavy atom. The zero-order valence-corrected chi connectivity index (χ0v) is 12.6. The highest BCUT2D eigenvalue weighted by atomic mass is 32.1. The van der Waals surface area contributed by atoms with Gasteiger partial charge in [-0.05, 0) is 24.1 Å². The van der Waals surface area contributed by atoms with Gasteiger partial charge in [0.25, 0.3) is 0 Å². The molecule has 3 nitrogen and oxygen atoms in total. The smallest absolute Gasteiger partial charge is 0.129 e. The molecule has 0 aliphatic heterocycles. The molecule has 1 aromatic carbocycles. The topological polar surface area (TPSA) is 44.5 Å². The standard InChI is InChI=1S/C15H23NO2S/c1-3-4-5-6-9-18-11-12-7-8-13(15(16)19)14(10-12)17-2/h7-8,10H,3-6,9,11H2,1-2H3,(H2,16,19). The van der Waals surface area contributed by atoms with Gasteiger partial charge in [-0.25, -0.2) is 0 Å². The average molecular weight is 281 g/mol. The Hall–Kier alpha value is -1.13. The molecule has 0 radical (unpaired) electrons. The first-order valence-electron chi connectivity index (χ1n) is 6.73. The highest BCUT2D eigenvalue weighted by Crippen LogP contribution is 2.20. The fourth-order valence-corrected chi connectivity index (χ4v) is 2.02. The molecule has 1 aromatic rings. The van der Waals surface area contributed by atoms with Crippen molar-refractivity contribution >= 4 is 17.2 Å². The molecule has 4 heteroatoms. The van der Waals surface area contributed by atoms with E-state index in [1.165, 1.54) is 19.3 Å². The van der Waals surface area contributed by atoms with Gasteiger partial charge in [-0.15, -0.1) is 0 Å². The molecule has 19 heavy (non-hydrogen) atoms. The maximum atomic E-state index is 5.65. The largest absolute Gasteiger partial charge is 0.496 e. The van der Waals surface area contributed by atoms with E-state index in [9.17, 15) is 0 Å². The summed E-state index contributed by atoms with van der Waals surface area (Å²) in [6.07, 6.45) is 4.88. The predicted octanol–water partition coefficient (Wildman–Crippen LogP) is 3.43. The lowest BCUT2D eigenvalue weighted by Crippen LogP contribution is -2.11. The maximum Gasteiger partial charge on any atom is 0.129 e. The first kappa shape index (κ1) is 15.9. The Morgan fingerprint density at radius 3 is 2.68 bits per heavy atom. The first-order chi connectivity index (χ1) is 9.19. The van der Waals surface area contributed by atoms with Crippen molar-refractivity contribution in [3.05, 3.63) is 29.3 Å². The molecular weight excluding hydrogens is 258 g/mol. The molecule has 0 aromatic heterocycles. The summed E-state index contributed by atoms with van der Waals surface area (Å²) in [5.41, 5.74) is 7.47.